The number of hydrogen-bond acceptors (Lipinski definition) is 1. The fourth-order valence-corrected chi connectivity index (χ4v) is 1.83. The first-order chi connectivity index (χ1) is 7.17. The highest BCUT2D eigenvalue weighted by molar-refractivity contribution is 5.94. The second-order valence-corrected chi connectivity index (χ2v) is 4.09. The maximum absolute atomic E-state index is 11.4. The van der Waals surface area contributed by atoms with Crippen molar-refractivity contribution >= 4 is 5.78 Å². The SMILES string of the molecule is CCCc1cc(CCC)cc(C(C)=O)c1. The molecule has 0 aliphatic carbocycles. The van der Waals surface area contributed by atoms with Gasteiger partial charge >= 0.3 is 0 Å². The van der Waals surface area contributed by atoms with E-state index in [1.165, 1.54) is 11.1 Å². The Kier molecular flexibility index (Phi) is 4.54. The largest absolute Gasteiger partial charge is 0.295 e. The quantitative estimate of drug-likeness (QED) is 0.667. The van der Waals surface area contributed by atoms with Crippen molar-refractivity contribution < 1.29 is 4.79 Å². The van der Waals surface area contributed by atoms with Crippen molar-refractivity contribution in [3.63, 3.8) is 0 Å². The second kappa shape index (κ2) is 5.69. The lowest BCUT2D eigenvalue weighted by Gasteiger charge is -2.06. The summed E-state index contributed by atoms with van der Waals surface area (Å²) in [6.45, 7) is 5.97. The first-order valence-corrected chi connectivity index (χ1v) is 5.81. The van der Waals surface area contributed by atoms with Crippen LogP contribution in [0.25, 0.3) is 0 Å². The van der Waals surface area contributed by atoms with Crippen LogP contribution in [0.4, 0.5) is 0 Å². The summed E-state index contributed by atoms with van der Waals surface area (Å²) in [6.07, 6.45) is 4.40. The number of benzene rings is 1. The van der Waals surface area contributed by atoms with E-state index in [0.29, 0.717) is 0 Å². The lowest BCUT2D eigenvalue weighted by atomic mass is 9.98. The van der Waals surface area contributed by atoms with E-state index in [1.54, 1.807) is 6.92 Å². The maximum atomic E-state index is 11.4. The van der Waals surface area contributed by atoms with Gasteiger partial charge in [-0.1, -0.05) is 32.8 Å². The number of rotatable bonds is 5. The summed E-state index contributed by atoms with van der Waals surface area (Å²) in [4.78, 5) is 11.4. The minimum Gasteiger partial charge on any atom is -0.295 e. The van der Waals surface area contributed by atoms with Gasteiger partial charge in [0.15, 0.2) is 5.78 Å². The van der Waals surface area contributed by atoms with E-state index in [9.17, 15) is 4.79 Å². The van der Waals surface area contributed by atoms with Crippen LogP contribution in [0.5, 0.6) is 0 Å². The Labute approximate surface area is 92.5 Å². The molecule has 82 valence electrons. The van der Waals surface area contributed by atoms with E-state index in [1.807, 2.05) is 12.1 Å². The Morgan fingerprint density at radius 1 is 1.00 bits per heavy atom. The van der Waals surface area contributed by atoms with Crippen LogP contribution in [0.2, 0.25) is 0 Å². The van der Waals surface area contributed by atoms with Gasteiger partial charge < -0.3 is 0 Å². The second-order valence-electron chi connectivity index (χ2n) is 4.09. The van der Waals surface area contributed by atoms with Crippen LogP contribution in [-0.2, 0) is 12.8 Å². The molecule has 0 fully saturated rings. The lowest BCUT2D eigenvalue weighted by molar-refractivity contribution is 0.101. The molecule has 15 heavy (non-hydrogen) atoms. The molecule has 0 atom stereocenters. The Bertz CT molecular complexity index is 315. The van der Waals surface area contributed by atoms with Gasteiger partial charge in [0, 0.05) is 5.56 Å². The van der Waals surface area contributed by atoms with Gasteiger partial charge in [-0.15, -0.1) is 0 Å². The molecule has 0 heterocycles. The molecule has 1 aromatic rings. The fourth-order valence-electron chi connectivity index (χ4n) is 1.83. The molecule has 0 aromatic heterocycles. The highest BCUT2D eigenvalue weighted by Crippen LogP contribution is 2.14. The van der Waals surface area contributed by atoms with Gasteiger partial charge in [-0.3, -0.25) is 4.79 Å². The molecule has 0 amide bonds. The summed E-state index contributed by atoms with van der Waals surface area (Å²) >= 11 is 0. The van der Waals surface area contributed by atoms with Gasteiger partial charge in [0.25, 0.3) is 0 Å². The molecule has 0 bridgehead atoms. The highest BCUT2D eigenvalue weighted by Gasteiger charge is 2.04. The van der Waals surface area contributed by atoms with Crippen LogP contribution in [0.15, 0.2) is 18.2 Å². The van der Waals surface area contributed by atoms with E-state index >= 15 is 0 Å². The van der Waals surface area contributed by atoms with Gasteiger partial charge in [0.05, 0.1) is 0 Å². The van der Waals surface area contributed by atoms with Crippen LogP contribution in [0.3, 0.4) is 0 Å². The average molecular weight is 204 g/mol. The number of Topliss-reactive ketones (excluding diaryl/α,β-unsaturated/α-hetero) is 1. The minimum atomic E-state index is 0.172. The number of hydrogen-bond donors (Lipinski definition) is 0. The minimum absolute atomic E-state index is 0.172. The predicted molar refractivity (Wildman–Crippen MR) is 64.4 cm³/mol. The topological polar surface area (TPSA) is 17.1 Å². The molecular weight excluding hydrogens is 184 g/mol. The van der Waals surface area contributed by atoms with Crippen LogP contribution < -0.4 is 0 Å². The van der Waals surface area contributed by atoms with E-state index in [-0.39, 0.29) is 5.78 Å². The Morgan fingerprint density at radius 2 is 1.47 bits per heavy atom. The summed E-state index contributed by atoms with van der Waals surface area (Å²) in [5, 5.41) is 0. The Balaban J connectivity index is 3.02. The molecule has 0 saturated heterocycles. The molecule has 1 rings (SSSR count). The van der Waals surface area contributed by atoms with Crippen molar-refractivity contribution in [2.75, 3.05) is 0 Å². The van der Waals surface area contributed by atoms with Crippen molar-refractivity contribution in [2.45, 2.75) is 46.5 Å². The third kappa shape index (κ3) is 3.50. The molecule has 0 spiro atoms. The van der Waals surface area contributed by atoms with E-state index in [4.69, 9.17) is 0 Å². The smallest absolute Gasteiger partial charge is 0.159 e. The molecular formula is C14H20O. The molecule has 1 nitrogen and oxygen atoms in total. The first kappa shape index (κ1) is 12.0. The molecule has 0 aliphatic heterocycles. The summed E-state index contributed by atoms with van der Waals surface area (Å²) < 4.78 is 0. The van der Waals surface area contributed by atoms with Crippen molar-refractivity contribution in [3.05, 3.63) is 34.9 Å². The normalized spacial score (nSPS) is 10.3. The molecule has 0 saturated carbocycles. The van der Waals surface area contributed by atoms with Crippen LogP contribution in [0, 0.1) is 0 Å². The molecule has 1 heteroatoms. The van der Waals surface area contributed by atoms with Gasteiger partial charge in [-0.2, -0.15) is 0 Å². The summed E-state index contributed by atoms with van der Waals surface area (Å²) in [5.74, 6) is 0.172. The van der Waals surface area contributed by atoms with Crippen molar-refractivity contribution in [1.82, 2.24) is 0 Å². The monoisotopic (exact) mass is 204 g/mol. The lowest BCUT2D eigenvalue weighted by Crippen LogP contribution is -1.97. The Morgan fingerprint density at radius 3 is 1.80 bits per heavy atom. The molecule has 0 radical (unpaired) electrons. The van der Waals surface area contributed by atoms with Crippen LogP contribution >= 0.6 is 0 Å². The standard InChI is InChI=1S/C14H20O/c1-4-6-12-8-13(7-5-2)10-14(9-12)11(3)15/h8-10H,4-7H2,1-3H3. The zero-order chi connectivity index (χ0) is 11.3. The molecule has 1 aromatic carbocycles. The van der Waals surface area contributed by atoms with Gasteiger partial charge in [-0.25, -0.2) is 0 Å². The number of ketones is 1. The Hall–Kier alpha value is -1.11. The molecule has 0 aliphatic rings. The van der Waals surface area contributed by atoms with Crippen molar-refractivity contribution in [2.24, 2.45) is 0 Å². The zero-order valence-corrected chi connectivity index (χ0v) is 9.97. The van der Waals surface area contributed by atoms with Gasteiger partial charge in [-0.05, 0) is 43.0 Å². The summed E-state index contributed by atoms with van der Waals surface area (Å²) in [7, 11) is 0. The summed E-state index contributed by atoms with van der Waals surface area (Å²) in [5.41, 5.74) is 3.46. The fraction of sp³-hybridized carbons (Fsp3) is 0.500. The van der Waals surface area contributed by atoms with E-state index in [0.717, 1.165) is 31.2 Å². The third-order valence-electron chi connectivity index (χ3n) is 2.54. The number of carbonyl (C=O) groups is 1. The summed E-state index contributed by atoms with van der Waals surface area (Å²) in [6, 6.07) is 6.30. The van der Waals surface area contributed by atoms with Gasteiger partial charge in [0.2, 0.25) is 0 Å². The first-order valence-electron chi connectivity index (χ1n) is 5.81. The van der Waals surface area contributed by atoms with E-state index in [2.05, 4.69) is 19.9 Å². The van der Waals surface area contributed by atoms with Crippen LogP contribution in [-0.4, -0.2) is 5.78 Å². The molecule has 0 N–H and O–H groups in total. The van der Waals surface area contributed by atoms with Crippen molar-refractivity contribution in [3.8, 4) is 0 Å². The average Bonchev–Trinajstić information content (AvgIpc) is 2.18. The van der Waals surface area contributed by atoms with Gasteiger partial charge in [0.1, 0.15) is 0 Å². The predicted octanol–water partition coefficient (Wildman–Crippen LogP) is 3.79. The zero-order valence-electron chi connectivity index (χ0n) is 9.97. The third-order valence-corrected chi connectivity index (χ3v) is 2.54. The van der Waals surface area contributed by atoms with Crippen LogP contribution in [0.1, 0.15) is 55.1 Å². The highest BCUT2D eigenvalue weighted by atomic mass is 16.1. The maximum Gasteiger partial charge on any atom is 0.159 e. The van der Waals surface area contributed by atoms with E-state index < -0.39 is 0 Å². The number of carbonyl (C=O) groups excluding carboxylic acids is 1. The van der Waals surface area contributed by atoms with Crippen molar-refractivity contribution in [1.29, 1.82) is 0 Å². The number of aryl methyl sites for hydroxylation is 2. The molecule has 0 unspecified atom stereocenters.